The highest BCUT2D eigenvalue weighted by molar-refractivity contribution is 5.90. The van der Waals surface area contributed by atoms with Crippen LogP contribution in [0.25, 0.3) is 0 Å². The number of ketones is 1. The average molecular weight is 355 g/mol. The average Bonchev–Trinajstić information content (AvgIpc) is 2.65. The third-order valence-electron chi connectivity index (χ3n) is 3.60. The lowest BCUT2D eigenvalue weighted by Crippen LogP contribution is -2.14. The van der Waals surface area contributed by atoms with Gasteiger partial charge in [-0.25, -0.2) is 9.59 Å². The first kappa shape index (κ1) is 19.2. The summed E-state index contributed by atoms with van der Waals surface area (Å²) >= 11 is 0. The van der Waals surface area contributed by atoms with E-state index in [0.717, 1.165) is 11.3 Å². The highest BCUT2D eigenvalue weighted by Gasteiger charge is 2.10. The van der Waals surface area contributed by atoms with Crippen molar-refractivity contribution >= 4 is 23.4 Å². The molecule has 136 valence electrons. The Morgan fingerprint density at radius 1 is 0.808 bits per heavy atom. The third-order valence-corrected chi connectivity index (χ3v) is 3.60. The first-order valence-corrected chi connectivity index (χ1v) is 8.20. The van der Waals surface area contributed by atoms with E-state index in [2.05, 4.69) is 5.32 Å². The van der Waals surface area contributed by atoms with Gasteiger partial charge in [0.2, 0.25) is 0 Å². The van der Waals surface area contributed by atoms with Crippen LogP contribution in [0.1, 0.15) is 33.2 Å². The molecular formula is C20H21NO5. The summed E-state index contributed by atoms with van der Waals surface area (Å²) in [5.41, 5.74) is 2.54. The molecule has 1 N–H and O–H groups in total. The zero-order valence-electron chi connectivity index (χ0n) is 14.8. The molecule has 0 fully saturated rings. The summed E-state index contributed by atoms with van der Waals surface area (Å²) in [6.45, 7) is 1.45. The summed E-state index contributed by atoms with van der Waals surface area (Å²) in [5, 5.41) is 2.96. The molecule has 0 radical (unpaired) electrons. The fraction of sp³-hybridized carbons (Fsp3) is 0.250. The van der Waals surface area contributed by atoms with Crippen LogP contribution < -0.4 is 5.32 Å². The Kier molecular flexibility index (Phi) is 6.91. The number of carbonyl (C=O) groups excluding carboxylic acids is 3. The number of ether oxygens (including phenoxy) is 2. The van der Waals surface area contributed by atoms with Crippen LogP contribution in [0.15, 0.2) is 48.5 Å². The Morgan fingerprint density at radius 3 is 1.69 bits per heavy atom. The minimum absolute atomic E-state index is 0.0270. The molecule has 0 saturated heterocycles. The van der Waals surface area contributed by atoms with Gasteiger partial charge in [-0.15, -0.1) is 0 Å². The summed E-state index contributed by atoms with van der Waals surface area (Å²) in [4.78, 5) is 34.9. The van der Waals surface area contributed by atoms with Gasteiger partial charge >= 0.3 is 11.9 Å². The van der Waals surface area contributed by atoms with Gasteiger partial charge in [-0.2, -0.15) is 0 Å². The molecule has 0 aliphatic heterocycles. The molecule has 0 aliphatic carbocycles. The molecule has 2 aromatic carbocycles. The van der Waals surface area contributed by atoms with Crippen molar-refractivity contribution in [3.63, 3.8) is 0 Å². The van der Waals surface area contributed by atoms with Crippen LogP contribution in [0.3, 0.4) is 0 Å². The molecule has 0 aromatic heterocycles. The van der Waals surface area contributed by atoms with E-state index < -0.39 is 11.9 Å². The van der Waals surface area contributed by atoms with Gasteiger partial charge in [0, 0.05) is 19.2 Å². The smallest absolute Gasteiger partial charge is 0.338 e. The molecule has 0 spiro atoms. The number of esters is 2. The normalized spacial score (nSPS) is 10.1. The highest BCUT2D eigenvalue weighted by Crippen LogP contribution is 2.10. The molecule has 6 nitrogen and oxygen atoms in total. The fourth-order valence-electron chi connectivity index (χ4n) is 2.25. The summed E-state index contributed by atoms with van der Waals surface area (Å²) in [6.07, 6.45) is 0.334. The lowest BCUT2D eigenvalue weighted by molar-refractivity contribution is -0.116. The Hall–Kier alpha value is -3.15. The lowest BCUT2D eigenvalue weighted by Gasteiger charge is -2.07. The number of carbonyl (C=O) groups is 3. The van der Waals surface area contributed by atoms with Gasteiger partial charge in [0.05, 0.1) is 11.1 Å². The SMILES string of the molecule is CNc1ccc(C(=O)OCCOC(=O)c2ccc(CC(C)=O)cc2)cc1. The topological polar surface area (TPSA) is 81.7 Å². The molecule has 0 saturated carbocycles. The second kappa shape index (κ2) is 9.36. The largest absolute Gasteiger partial charge is 0.458 e. The molecule has 2 rings (SSSR count). The Balaban J connectivity index is 1.75. The summed E-state index contributed by atoms with van der Waals surface area (Å²) in [5.74, 6) is -0.922. The molecule has 26 heavy (non-hydrogen) atoms. The van der Waals surface area contributed by atoms with Gasteiger partial charge in [-0.05, 0) is 48.9 Å². The van der Waals surface area contributed by atoms with E-state index in [4.69, 9.17) is 9.47 Å². The standard InChI is InChI=1S/C20H21NO5/c1-14(22)13-15-3-5-16(6-4-15)19(23)25-11-12-26-20(24)17-7-9-18(21-2)10-8-17/h3-10,21H,11-13H2,1-2H3. The van der Waals surface area contributed by atoms with Crippen molar-refractivity contribution in [2.75, 3.05) is 25.6 Å². The fourth-order valence-corrected chi connectivity index (χ4v) is 2.25. The minimum atomic E-state index is -0.506. The van der Waals surface area contributed by atoms with E-state index in [1.807, 2.05) is 0 Å². The van der Waals surface area contributed by atoms with E-state index in [-0.39, 0.29) is 19.0 Å². The lowest BCUT2D eigenvalue weighted by atomic mass is 10.1. The molecule has 0 bridgehead atoms. The molecule has 0 amide bonds. The molecule has 0 unspecified atom stereocenters. The van der Waals surface area contributed by atoms with Crippen molar-refractivity contribution in [3.8, 4) is 0 Å². The van der Waals surface area contributed by atoms with Gasteiger partial charge in [-0.1, -0.05) is 12.1 Å². The van der Waals surface area contributed by atoms with E-state index in [1.165, 1.54) is 6.92 Å². The van der Waals surface area contributed by atoms with Crippen LogP contribution in [0, 0.1) is 0 Å². The maximum Gasteiger partial charge on any atom is 0.338 e. The molecule has 6 heteroatoms. The second-order valence-corrected chi connectivity index (χ2v) is 5.67. The summed E-state index contributed by atoms with van der Waals surface area (Å²) < 4.78 is 10.2. The Bertz CT molecular complexity index is 766. The van der Waals surface area contributed by atoms with Crippen LogP contribution in [0.4, 0.5) is 5.69 Å². The first-order chi connectivity index (χ1) is 12.5. The Labute approximate surface area is 152 Å². The molecule has 0 heterocycles. The van der Waals surface area contributed by atoms with E-state index in [9.17, 15) is 14.4 Å². The summed E-state index contributed by atoms with van der Waals surface area (Å²) in [7, 11) is 1.79. The zero-order chi connectivity index (χ0) is 18.9. The Morgan fingerprint density at radius 2 is 1.27 bits per heavy atom. The predicted molar refractivity (Wildman–Crippen MR) is 97.4 cm³/mol. The van der Waals surface area contributed by atoms with Crippen molar-refractivity contribution in [1.29, 1.82) is 0 Å². The summed E-state index contributed by atoms with van der Waals surface area (Å²) in [6, 6.07) is 13.5. The number of Topliss-reactive ketones (excluding diaryl/α,β-unsaturated/α-hetero) is 1. The van der Waals surface area contributed by atoms with Crippen LogP contribution >= 0.6 is 0 Å². The number of hydrogen-bond donors (Lipinski definition) is 1. The van der Waals surface area contributed by atoms with Crippen molar-refractivity contribution in [1.82, 2.24) is 0 Å². The monoisotopic (exact) mass is 355 g/mol. The van der Waals surface area contributed by atoms with Crippen LogP contribution in [0.5, 0.6) is 0 Å². The van der Waals surface area contributed by atoms with Gasteiger partial charge in [0.25, 0.3) is 0 Å². The van der Waals surface area contributed by atoms with Gasteiger partial charge in [-0.3, -0.25) is 4.79 Å². The van der Waals surface area contributed by atoms with E-state index in [1.54, 1.807) is 55.6 Å². The minimum Gasteiger partial charge on any atom is -0.458 e. The molecule has 0 aliphatic rings. The van der Waals surface area contributed by atoms with Gasteiger partial charge in [0.15, 0.2) is 0 Å². The molecule has 0 atom stereocenters. The molecular weight excluding hydrogens is 334 g/mol. The number of anilines is 1. The van der Waals surface area contributed by atoms with Crippen molar-refractivity contribution in [2.45, 2.75) is 13.3 Å². The van der Waals surface area contributed by atoms with Crippen LogP contribution in [-0.2, 0) is 20.7 Å². The van der Waals surface area contributed by atoms with E-state index in [0.29, 0.717) is 17.5 Å². The zero-order valence-corrected chi connectivity index (χ0v) is 14.8. The third kappa shape index (κ3) is 5.73. The van der Waals surface area contributed by atoms with Crippen LogP contribution in [-0.4, -0.2) is 38.0 Å². The molecule has 2 aromatic rings. The van der Waals surface area contributed by atoms with E-state index >= 15 is 0 Å². The van der Waals surface area contributed by atoms with Crippen molar-refractivity contribution < 1.29 is 23.9 Å². The van der Waals surface area contributed by atoms with Crippen molar-refractivity contribution in [3.05, 3.63) is 65.2 Å². The predicted octanol–water partition coefficient (Wildman–Crippen LogP) is 2.87. The number of hydrogen-bond acceptors (Lipinski definition) is 6. The highest BCUT2D eigenvalue weighted by atomic mass is 16.6. The second-order valence-electron chi connectivity index (χ2n) is 5.67. The van der Waals surface area contributed by atoms with Crippen molar-refractivity contribution in [2.24, 2.45) is 0 Å². The maximum absolute atomic E-state index is 11.9. The van der Waals surface area contributed by atoms with Crippen LogP contribution in [0.2, 0.25) is 0 Å². The van der Waals surface area contributed by atoms with Gasteiger partial charge < -0.3 is 14.8 Å². The number of rotatable bonds is 8. The first-order valence-electron chi connectivity index (χ1n) is 8.20. The quantitative estimate of drug-likeness (QED) is 0.579. The number of benzene rings is 2. The maximum atomic E-state index is 11.9. The number of nitrogens with one attached hydrogen (secondary N) is 1. The van der Waals surface area contributed by atoms with Gasteiger partial charge in [0.1, 0.15) is 19.0 Å².